The van der Waals surface area contributed by atoms with Crippen LogP contribution in [-0.4, -0.2) is 11.2 Å². The van der Waals surface area contributed by atoms with Gasteiger partial charge in [0, 0.05) is 21.1 Å². The lowest BCUT2D eigenvalue weighted by atomic mass is 10.1. The zero-order valence-electron chi connectivity index (χ0n) is 11.5. The highest BCUT2D eigenvalue weighted by atomic mass is 79.9. The third kappa shape index (κ3) is 3.46. The molecule has 0 N–H and O–H groups in total. The topological polar surface area (TPSA) is 25.2 Å². The summed E-state index contributed by atoms with van der Waals surface area (Å²) in [6.07, 6.45) is 1.85. The molecule has 0 amide bonds. The molecule has 3 aromatic rings. The van der Waals surface area contributed by atoms with E-state index in [0.717, 1.165) is 26.4 Å². The van der Waals surface area contributed by atoms with Crippen LogP contribution in [0, 0.1) is 6.92 Å². The summed E-state index contributed by atoms with van der Waals surface area (Å²) in [7, 11) is 0. The Morgan fingerprint density at radius 1 is 1.05 bits per heavy atom. The molecule has 1 heterocycles. The number of aryl methyl sites for hydroxylation is 1. The fourth-order valence-electron chi connectivity index (χ4n) is 1.98. The molecule has 0 spiro atoms. The lowest BCUT2D eigenvalue weighted by Crippen LogP contribution is -1.80. The lowest BCUT2D eigenvalue weighted by Gasteiger charge is -1.96. The number of aliphatic imine (C=N–C) groups is 1. The van der Waals surface area contributed by atoms with Crippen LogP contribution in [0.2, 0.25) is 0 Å². The van der Waals surface area contributed by atoms with E-state index < -0.39 is 0 Å². The highest BCUT2D eigenvalue weighted by Crippen LogP contribution is 2.31. The Labute approximate surface area is 136 Å². The molecular formula is C17H13BrN2S. The van der Waals surface area contributed by atoms with Gasteiger partial charge in [-0.05, 0) is 24.6 Å². The predicted octanol–water partition coefficient (Wildman–Crippen LogP) is 5.63. The molecule has 4 heteroatoms. The zero-order chi connectivity index (χ0) is 14.7. The van der Waals surface area contributed by atoms with Gasteiger partial charge in [0.05, 0.1) is 5.69 Å². The van der Waals surface area contributed by atoms with E-state index >= 15 is 0 Å². The van der Waals surface area contributed by atoms with Gasteiger partial charge in [-0.25, -0.2) is 9.98 Å². The van der Waals surface area contributed by atoms with E-state index in [1.165, 1.54) is 4.88 Å². The van der Waals surface area contributed by atoms with Crippen molar-refractivity contribution in [1.29, 1.82) is 0 Å². The number of rotatable bonds is 3. The van der Waals surface area contributed by atoms with Crippen molar-refractivity contribution in [3.63, 3.8) is 0 Å². The van der Waals surface area contributed by atoms with Gasteiger partial charge in [0.15, 0.2) is 0 Å². The highest BCUT2D eigenvalue weighted by molar-refractivity contribution is 9.10. The Morgan fingerprint density at radius 2 is 1.76 bits per heavy atom. The Hall–Kier alpha value is -1.78. The number of hydrogen-bond acceptors (Lipinski definition) is 3. The molecule has 1 aromatic heterocycles. The van der Waals surface area contributed by atoms with E-state index in [1.54, 1.807) is 11.3 Å². The van der Waals surface area contributed by atoms with Gasteiger partial charge < -0.3 is 0 Å². The lowest BCUT2D eigenvalue weighted by molar-refractivity contribution is 1.34. The van der Waals surface area contributed by atoms with Crippen LogP contribution >= 0.6 is 27.3 Å². The minimum Gasteiger partial charge on any atom is -0.227 e. The number of aromatic nitrogens is 1. The van der Waals surface area contributed by atoms with Crippen LogP contribution < -0.4 is 0 Å². The first-order valence-electron chi connectivity index (χ1n) is 6.55. The van der Waals surface area contributed by atoms with E-state index in [0.29, 0.717) is 0 Å². The predicted molar refractivity (Wildman–Crippen MR) is 93.7 cm³/mol. The number of nitrogens with zero attached hydrogens (tertiary/aromatic N) is 2. The summed E-state index contributed by atoms with van der Waals surface area (Å²) >= 11 is 5.04. The normalized spacial score (nSPS) is 11.1. The molecule has 2 aromatic carbocycles. The molecular weight excluding hydrogens is 344 g/mol. The molecule has 0 aliphatic rings. The Morgan fingerprint density at radius 3 is 2.48 bits per heavy atom. The Balaban J connectivity index is 1.86. The summed E-state index contributed by atoms with van der Waals surface area (Å²) in [5.74, 6) is 0. The molecule has 0 bridgehead atoms. The average molecular weight is 357 g/mol. The number of hydrogen-bond donors (Lipinski definition) is 0. The van der Waals surface area contributed by atoms with E-state index in [1.807, 2.05) is 48.7 Å². The van der Waals surface area contributed by atoms with Crippen LogP contribution in [-0.2, 0) is 0 Å². The molecule has 2 nitrogen and oxygen atoms in total. The summed E-state index contributed by atoms with van der Waals surface area (Å²) in [6, 6.07) is 18.3. The molecule has 21 heavy (non-hydrogen) atoms. The molecule has 0 atom stereocenters. The molecule has 0 unspecified atom stereocenters. The number of thiazole rings is 1. The maximum atomic E-state index is 4.62. The maximum Gasteiger partial charge on any atom is 0.209 e. The molecule has 0 radical (unpaired) electrons. The van der Waals surface area contributed by atoms with Crippen molar-refractivity contribution in [2.75, 3.05) is 0 Å². The van der Waals surface area contributed by atoms with Gasteiger partial charge in [-0.3, -0.25) is 0 Å². The van der Waals surface area contributed by atoms with Crippen molar-refractivity contribution < 1.29 is 0 Å². The fraction of sp³-hybridized carbons (Fsp3) is 0.0588. The van der Waals surface area contributed by atoms with Crippen LogP contribution in [0.3, 0.4) is 0 Å². The third-order valence-corrected chi connectivity index (χ3v) is 4.43. The van der Waals surface area contributed by atoms with Crippen molar-refractivity contribution in [2.45, 2.75) is 6.92 Å². The summed E-state index contributed by atoms with van der Waals surface area (Å²) in [4.78, 5) is 10.3. The van der Waals surface area contributed by atoms with Crippen LogP contribution in [0.4, 0.5) is 5.13 Å². The van der Waals surface area contributed by atoms with Crippen molar-refractivity contribution in [3.05, 3.63) is 69.5 Å². The molecule has 3 rings (SSSR count). The number of benzene rings is 2. The van der Waals surface area contributed by atoms with Crippen molar-refractivity contribution in [2.24, 2.45) is 4.99 Å². The standard InChI is InChI=1S/C17H13BrN2S/c1-12-16(14-5-3-2-4-6-14)20-17(21-12)19-11-13-7-9-15(18)10-8-13/h2-11H,1H3. The van der Waals surface area contributed by atoms with Gasteiger partial charge in [-0.2, -0.15) is 0 Å². The first kappa shape index (κ1) is 14.2. The molecule has 0 fully saturated rings. The van der Waals surface area contributed by atoms with Crippen molar-refractivity contribution >= 4 is 38.6 Å². The van der Waals surface area contributed by atoms with Gasteiger partial charge in [-0.15, -0.1) is 0 Å². The van der Waals surface area contributed by atoms with Crippen LogP contribution in [0.1, 0.15) is 10.4 Å². The largest absolute Gasteiger partial charge is 0.227 e. The molecule has 0 saturated heterocycles. The second-order valence-electron chi connectivity index (χ2n) is 4.58. The van der Waals surface area contributed by atoms with Crippen molar-refractivity contribution in [3.8, 4) is 11.3 Å². The summed E-state index contributed by atoms with van der Waals surface area (Å²) in [5, 5.41) is 0.786. The van der Waals surface area contributed by atoms with Crippen LogP contribution in [0.15, 0.2) is 64.1 Å². The van der Waals surface area contributed by atoms with E-state index in [-0.39, 0.29) is 0 Å². The third-order valence-electron chi connectivity index (χ3n) is 3.03. The van der Waals surface area contributed by atoms with E-state index in [9.17, 15) is 0 Å². The molecule has 104 valence electrons. The minimum atomic E-state index is 0.786. The fourth-order valence-corrected chi connectivity index (χ4v) is 3.02. The summed E-state index contributed by atoms with van der Waals surface area (Å²) in [6.45, 7) is 2.08. The smallest absolute Gasteiger partial charge is 0.209 e. The van der Waals surface area contributed by atoms with Crippen LogP contribution in [0.25, 0.3) is 11.3 Å². The SMILES string of the molecule is Cc1sc(N=Cc2ccc(Br)cc2)nc1-c1ccccc1. The van der Waals surface area contributed by atoms with Gasteiger partial charge in [-0.1, -0.05) is 69.7 Å². The summed E-state index contributed by atoms with van der Waals surface area (Å²) in [5.41, 5.74) is 3.22. The second-order valence-corrected chi connectivity index (χ2v) is 6.67. The Bertz CT molecular complexity index is 761. The monoisotopic (exact) mass is 356 g/mol. The van der Waals surface area contributed by atoms with Gasteiger partial charge >= 0.3 is 0 Å². The molecule has 0 aliphatic heterocycles. The van der Waals surface area contributed by atoms with Crippen molar-refractivity contribution in [1.82, 2.24) is 4.98 Å². The number of halogens is 1. The van der Waals surface area contributed by atoms with Gasteiger partial charge in [0.2, 0.25) is 5.13 Å². The first-order chi connectivity index (χ1) is 10.2. The Kier molecular flexibility index (Phi) is 4.27. The van der Waals surface area contributed by atoms with Gasteiger partial charge in [0.25, 0.3) is 0 Å². The van der Waals surface area contributed by atoms with Gasteiger partial charge in [0.1, 0.15) is 0 Å². The van der Waals surface area contributed by atoms with Crippen LogP contribution in [0.5, 0.6) is 0 Å². The maximum absolute atomic E-state index is 4.62. The second kappa shape index (κ2) is 6.33. The first-order valence-corrected chi connectivity index (χ1v) is 8.16. The molecule has 0 aliphatic carbocycles. The van der Waals surface area contributed by atoms with E-state index in [2.05, 4.69) is 45.0 Å². The minimum absolute atomic E-state index is 0.786. The van der Waals surface area contributed by atoms with E-state index in [4.69, 9.17) is 0 Å². The zero-order valence-corrected chi connectivity index (χ0v) is 13.9. The molecule has 0 saturated carbocycles. The average Bonchev–Trinajstić information content (AvgIpc) is 2.89. The summed E-state index contributed by atoms with van der Waals surface area (Å²) < 4.78 is 1.07. The highest BCUT2D eigenvalue weighted by Gasteiger charge is 2.08. The quantitative estimate of drug-likeness (QED) is 0.558.